The second-order valence-electron chi connectivity index (χ2n) is 2.20. The lowest BCUT2D eigenvalue weighted by atomic mass is 10.5. The van der Waals surface area contributed by atoms with Gasteiger partial charge in [-0.1, -0.05) is 0 Å². The topological polar surface area (TPSA) is 56.3 Å². The standard InChI is InChI=1S/C6H4Br2ClNO3S/c1-13-5-3(7)2-4(8)6(10-5)14(9,11)12/h2H,1H3. The first-order valence-electron chi connectivity index (χ1n) is 3.21. The summed E-state index contributed by atoms with van der Waals surface area (Å²) >= 11 is 6.19. The zero-order valence-electron chi connectivity index (χ0n) is 6.79. The average Bonchev–Trinajstić information content (AvgIpc) is 2.02. The van der Waals surface area contributed by atoms with Crippen LogP contribution in [-0.4, -0.2) is 20.5 Å². The molecule has 1 aromatic rings. The van der Waals surface area contributed by atoms with Gasteiger partial charge >= 0.3 is 0 Å². The van der Waals surface area contributed by atoms with Gasteiger partial charge in [-0.15, -0.1) is 0 Å². The minimum absolute atomic E-state index is 0.160. The van der Waals surface area contributed by atoms with Crippen LogP contribution in [0.5, 0.6) is 5.88 Å². The van der Waals surface area contributed by atoms with Crippen LogP contribution in [0.3, 0.4) is 0 Å². The van der Waals surface area contributed by atoms with Crippen LogP contribution >= 0.6 is 42.5 Å². The van der Waals surface area contributed by atoms with Crippen LogP contribution in [0.4, 0.5) is 0 Å². The van der Waals surface area contributed by atoms with Crippen LogP contribution < -0.4 is 4.74 Å². The molecule has 0 bridgehead atoms. The lowest BCUT2D eigenvalue weighted by Gasteiger charge is -2.05. The van der Waals surface area contributed by atoms with Crippen LogP contribution in [0.25, 0.3) is 0 Å². The molecule has 0 aliphatic heterocycles. The van der Waals surface area contributed by atoms with Crippen molar-refractivity contribution in [3.63, 3.8) is 0 Å². The molecule has 1 rings (SSSR count). The van der Waals surface area contributed by atoms with Crippen LogP contribution in [-0.2, 0) is 9.05 Å². The fourth-order valence-corrected chi connectivity index (χ4v) is 3.61. The molecule has 0 aromatic carbocycles. The summed E-state index contributed by atoms with van der Waals surface area (Å²) in [6.07, 6.45) is 0. The van der Waals surface area contributed by atoms with E-state index in [-0.39, 0.29) is 15.4 Å². The highest BCUT2D eigenvalue weighted by atomic mass is 79.9. The second-order valence-corrected chi connectivity index (χ2v) is 6.39. The third kappa shape index (κ3) is 2.59. The monoisotopic (exact) mass is 363 g/mol. The molecule has 0 fully saturated rings. The van der Waals surface area contributed by atoms with Crippen LogP contribution in [0, 0.1) is 0 Å². The molecule has 0 N–H and O–H groups in total. The number of hydrogen-bond donors (Lipinski definition) is 0. The summed E-state index contributed by atoms with van der Waals surface area (Å²) in [5.41, 5.74) is 0. The van der Waals surface area contributed by atoms with Crippen molar-refractivity contribution >= 4 is 51.6 Å². The molecule has 1 aromatic heterocycles. The quantitative estimate of drug-likeness (QED) is 0.756. The van der Waals surface area contributed by atoms with Gasteiger partial charge in [0.2, 0.25) is 5.88 Å². The van der Waals surface area contributed by atoms with E-state index in [2.05, 4.69) is 36.8 Å². The molecule has 0 amide bonds. The molecule has 8 heteroatoms. The van der Waals surface area contributed by atoms with Crippen molar-refractivity contribution in [1.82, 2.24) is 4.98 Å². The van der Waals surface area contributed by atoms with Gasteiger partial charge in [0, 0.05) is 10.7 Å². The summed E-state index contributed by atoms with van der Waals surface area (Å²) in [6.45, 7) is 0. The van der Waals surface area contributed by atoms with Gasteiger partial charge < -0.3 is 4.74 Å². The molecule has 0 saturated heterocycles. The summed E-state index contributed by atoms with van der Waals surface area (Å²) in [5, 5.41) is -0.265. The van der Waals surface area contributed by atoms with Gasteiger partial charge in [-0.3, -0.25) is 0 Å². The molecule has 0 aliphatic carbocycles. The Labute approximate surface area is 102 Å². The number of nitrogens with zero attached hydrogens (tertiary/aromatic N) is 1. The third-order valence-corrected chi connectivity index (χ3v) is 3.94. The van der Waals surface area contributed by atoms with E-state index in [4.69, 9.17) is 15.4 Å². The number of pyridine rings is 1. The Morgan fingerprint density at radius 1 is 1.43 bits per heavy atom. The van der Waals surface area contributed by atoms with E-state index in [1.54, 1.807) is 0 Å². The molecule has 0 saturated carbocycles. The molecule has 0 aliphatic rings. The Morgan fingerprint density at radius 2 is 2.00 bits per heavy atom. The zero-order chi connectivity index (χ0) is 10.9. The first-order valence-corrected chi connectivity index (χ1v) is 7.10. The molecule has 0 spiro atoms. The lowest BCUT2D eigenvalue weighted by Crippen LogP contribution is -1.99. The smallest absolute Gasteiger partial charge is 0.279 e. The number of halogens is 3. The van der Waals surface area contributed by atoms with Gasteiger partial charge in [0.15, 0.2) is 5.03 Å². The predicted molar refractivity (Wildman–Crippen MR) is 59.2 cm³/mol. The molecule has 4 nitrogen and oxygen atoms in total. The van der Waals surface area contributed by atoms with Gasteiger partial charge in [0.1, 0.15) is 0 Å². The summed E-state index contributed by atoms with van der Waals surface area (Å²) in [5.74, 6) is 0.160. The highest BCUT2D eigenvalue weighted by Gasteiger charge is 2.19. The van der Waals surface area contributed by atoms with E-state index >= 15 is 0 Å². The van der Waals surface area contributed by atoms with E-state index in [9.17, 15) is 8.42 Å². The van der Waals surface area contributed by atoms with E-state index in [0.29, 0.717) is 4.47 Å². The van der Waals surface area contributed by atoms with Crippen molar-refractivity contribution in [3.05, 3.63) is 15.0 Å². The zero-order valence-corrected chi connectivity index (χ0v) is 11.5. The Balaban J connectivity index is 3.47. The average molecular weight is 365 g/mol. The SMILES string of the molecule is COc1nc(S(=O)(=O)Cl)c(Br)cc1Br. The van der Waals surface area contributed by atoms with Crippen molar-refractivity contribution < 1.29 is 13.2 Å². The molecule has 78 valence electrons. The van der Waals surface area contributed by atoms with Crippen molar-refractivity contribution in [1.29, 1.82) is 0 Å². The summed E-state index contributed by atoms with van der Waals surface area (Å²) < 4.78 is 27.7. The Hall–Kier alpha value is 0.150. The Kier molecular flexibility index (Phi) is 3.79. The highest BCUT2D eigenvalue weighted by Crippen LogP contribution is 2.31. The van der Waals surface area contributed by atoms with Crippen LogP contribution in [0.15, 0.2) is 20.0 Å². The fraction of sp³-hybridized carbons (Fsp3) is 0.167. The molecule has 0 radical (unpaired) electrons. The van der Waals surface area contributed by atoms with E-state index in [1.807, 2.05) is 0 Å². The van der Waals surface area contributed by atoms with Gasteiger partial charge in [-0.25, -0.2) is 8.42 Å². The van der Waals surface area contributed by atoms with Gasteiger partial charge in [-0.05, 0) is 37.9 Å². The number of ether oxygens (including phenoxy) is 1. The minimum Gasteiger partial charge on any atom is -0.480 e. The Morgan fingerprint density at radius 3 is 2.43 bits per heavy atom. The molecule has 0 unspecified atom stereocenters. The van der Waals surface area contributed by atoms with E-state index in [0.717, 1.165) is 0 Å². The van der Waals surface area contributed by atoms with Crippen LogP contribution in [0.1, 0.15) is 0 Å². The largest absolute Gasteiger partial charge is 0.480 e. The van der Waals surface area contributed by atoms with Crippen molar-refractivity contribution in [3.8, 4) is 5.88 Å². The minimum atomic E-state index is -3.87. The number of aromatic nitrogens is 1. The lowest BCUT2D eigenvalue weighted by molar-refractivity contribution is 0.390. The molecule has 0 atom stereocenters. The maximum Gasteiger partial charge on any atom is 0.279 e. The molecule has 1 heterocycles. The first kappa shape index (κ1) is 12.2. The van der Waals surface area contributed by atoms with Crippen molar-refractivity contribution in [2.75, 3.05) is 7.11 Å². The molecular formula is C6H4Br2ClNO3S. The fourth-order valence-electron chi connectivity index (χ4n) is 0.748. The normalized spacial score (nSPS) is 11.4. The van der Waals surface area contributed by atoms with E-state index < -0.39 is 9.05 Å². The maximum atomic E-state index is 11.0. The van der Waals surface area contributed by atoms with Gasteiger partial charge in [0.25, 0.3) is 9.05 Å². The van der Waals surface area contributed by atoms with Crippen molar-refractivity contribution in [2.45, 2.75) is 5.03 Å². The number of methoxy groups -OCH3 is 1. The summed E-state index contributed by atoms with van der Waals surface area (Å²) in [7, 11) is 2.67. The Bertz CT molecular complexity index is 462. The van der Waals surface area contributed by atoms with Crippen LogP contribution in [0.2, 0.25) is 0 Å². The number of hydrogen-bond acceptors (Lipinski definition) is 4. The second kappa shape index (κ2) is 4.34. The van der Waals surface area contributed by atoms with Gasteiger partial charge in [-0.2, -0.15) is 4.98 Å². The third-order valence-electron chi connectivity index (χ3n) is 1.29. The molecular weight excluding hydrogens is 361 g/mol. The summed E-state index contributed by atoms with van der Waals surface area (Å²) in [4.78, 5) is 3.73. The first-order chi connectivity index (χ1) is 6.36. The maximum absolute atomic E-state index is 11.0. The predicted octanol–water partition coefficient (Wildman–Crippen LogP) is 2.54. The van der Waals surface area contributed by atoms with Crippen molar-refractivity contribution in [2.24, 2.45) is 0 Å². The highest BCUT2D eigenvalue weighted by molar-refractivity contribution is 9.11. The summed E-state index contributed by atoms with van der Waals surface area (Å²) in [6, 6.07) is 1.50. The molecule has 14 heavy (non-hydrogen) atoms. The number of rotatable bonds is 2. The van der Waals surface area contributed by atoms with E-state index in [1.165, 1.54) is 13.2 Å². The van der Waals surface area contributed by atoms with Gasteiger partial charge in [0.05, 0.1) is 16.1 Å².